The van der Waals surface area contributed by atoms with Crippen LogP contribution in [0.4, 0.5) is 0 Å². The highest BCUT2D eigenvalue weighted by atomic mass is 15.7. The summed E-state index contributed by atoms with van der Waals surface area (Å²) in [5, 5.41) is 13.7. The second-order valence-corrected chi connectivity index (χ2v) is 7.24. The Morgan fingerprint density at radius 1 is 1.29 bits per heavy atom. The molecule has 0 aromatic carbocycles. The lowest BCUT2D eigenvalue weighted by molar-refractivity contribution is -0.0353. The molecule has 0 spiro atoms. The molecule has 1 saturated carbocycles. The Bertz CT molecular complexity index is 820. The fraction of sp³-hybridized carbons (Fsp3) is 0.421. The maximum atomic E-state index is 9.07. The topological polar surface area (TPSA) is 55.5 Å². The van der Waals surface area contributed by atoms with Crippen molar-refractivity contribution in [2.45, 2.75) is 39.2 Å². The minimum Gasteiger partial charge on any atom is -0.263 e. The van der Waals surface area contributed by atoms with Gasteiger partial charge < -0.3 is 0 Å². The highest BCUT2D eigenvalue weighted by molar-refractivity contribution is 6.10. The van der Waals surface area contributed by atoms with Crippen molar-refractivity contribution in [2.75, 3.05) is 6.54 Å². The first-order valence-corrected chi connectivity index (χ1v) is 8.41. The molecule has 0 amide bonds. The van der Waals surface area contributed by atoms with Crippen molar-refractivity contribution in [3.63, 3.8) is 0 Å². The molecule has 0 radical (unpaired) electrons. The molecular weight excluding hydrogens is 298 g/mol. The van der Waals surface area contributed by atoms with Gasteiger partial charge in [-0.2, -0.15) is 5.26 Å². The number of hydrazine groups is 1. The number of rotatable bonds is 3. The minimum atomic E-state index is 0.142. The van der Waals surface area contributed by atoms with Crippen molar-refractivity contribution in [3.05, 3.63) is 53.3 Å². The van der Waals surface area contributed by atoms with Crippen molar-refractivity contribution in [3.8, 4) is 6.07 Å². The predicted molar refractivity (Wildman–Crippen MR) is 92.7 cm³/mol. The van der Waals surface area contributed by atoms with Crippen LogP contribution >= 0.6 is 0 Å². The summed E-state index contributed by atoms with van der Waals surface area (Å²) in [5.41, 5.74) is 3.60. The largest absolute Gasteiger partial charge is 0.263 e. The molecule has 1 aromatic heterocycles. The number of nitriles is 1. The van der Waals surface area contributed by atoms with Crippen LogP contribution in [0.1, 0.15) is 44.7 Å². The smallest absolute Gasteiger partial charge is 0.145 e. The number of nitrogens with zero attached hydrogens (tertiary/aromatic N) is 5. The fourth-order valence-corrected chi connectivity index (χ4v) is 3.62. The summed E-state index contributed by atoms with van der Waals surface area (Å²) in [7, 11) is 0. The second kappa shape index (κ2) is 5.29. The first kappa shape index (κ1) is 15.1. The molecule has 3 heterocycles. The van der Waals surface area contributed by atoms with Gasteiger partial charge in [0.25, 0.3) is 0 Å². The number of hydrogen-bond donors (Lipinski definition) is 0. The van der Waals surface area contributed by atoms with Gasteiger partial charge in [-0.25, -0.2) is 10.0 Å². The van der Waals surface area contributed by atoms with Gasteiger partial charge in [0, 0.05) is 35.7 Å². The van der Waals surface area contributed by atoms with Crippen molar-refractivity contribution >= 4 is 5.71 Å². The molecule has 24 heavy (non-hydrogen) atoms. The average Bonchev–Trinajstić information content (AvgIpc) is 3.35. The molecule has 4 rings (SSSR count). The molecule has 2 aliphatic heterocycles. The van der Waals surface area contributed by atoms with Crippen LogP contribution in [-0.4, -0.2) is 32.8 Å². The lowest BCUT2D eigenvalue weighted by Gasteiger charge is -2.44. The van der Waals surface area contributed by atoms with Crippen molar-refractivity contribution < 1.29 is 0 Å². The highest BCUT2D eigenvalue weighted by Crippen LogP contribution is 2.46. The number of aliphatic imine (C=N–C) groups is 1. The van der Waals surface area contributed by atoms with E-state index in [0.29, 0.717) is 5.56 Å². The molecule has 0 atom stereocenters. The molecule has 0 saturated heterocycles. The Morgan fingerprint density at radius 2 is 2.08 bits per heavy atom. The number of hydrogen-bond acceptors (Lipinski definition) is 5. The average molecular weight is 319 g/mol. The monoisotopic (exact) mass is 319 g/mol. The predicted octanol–water partition coefficient (Wildman–Crippen LogP) is 3.22. The van der Waals surface area contributed by atoms with Crippen LogP contribution in [-0.2, 0) is 0 Å². The quantitative estimate of drug-likeness (QED) is 0.858. The van der Waals surface area contributed by atoms with E-state index in [0.717, 1.165) is 35.3 Å². The molecule has 1 aromatic rings. The summed E-state index contributed by atoms with van der Waals surface area (Å²) in [6.45, 7) is 7.66. The van der Waals surface area contributed by atoms with E-state index < -0.39 is 0 Å². The molecule has 1 aliphatic carbocycles. The molecule has 0 bridgehead atoms. The Hall–Kier alpha value is -2.45. The number of aromatic nitrogens is 1. The lowest BCUT2D eigenvalue weighted by atomic mass is 9.98. The first-order chi connectivity index (χ1) is 11.5. The van der Waals surface area contributed by atoms with Crippen LogP contribution in [0.5, 0.6) is 0 Å². The summed E-state index contributed by atoms with van der Waals surface area (Å²) in [5.74, 6) is 1.74. The Morgan fingerprint density at radius 3 is 2.79 bits per heavy atom. The molecule has 5 heteroatoms. The van der Waals surface area contributed by atoms with Gasteiger partial charge >= 0.3 is 0 Å². The molecule has 0 unspecified atom stereocenters. The molecule has 5 nitrogen and oxygen atoms in total. The number of fused-ring (bicyclic) bond motifs is 1. The van der Waals surface area contributed by atoms with E-state index in [1.165, 1.54) is 12.8 Å². The summed E-state index contributed by atoms with van der Waals surface area (Å²) >= 11 is 0. The van der Waals surface area contributed by atoms with Gasteiger partial charge in [0.15, 0.2) is 0 Å². The van der Waals surface area contributed by atoms with Crippen LogP contribution in [0.25, 0.3) is 0 Å². The SMILES string of the molecule is CC1=CC(c2cncc(C#N)c2)=NC2=CCN(C(C)(C)C3CC3)N12. The third-order valence-corrected chi connectivity index (χ3v) is 5.22. The van der Waals surface area contributed by atoms with Crippen LogP contribution < -0.4 is 0 Å². The van der Waals surface area contributed by atoms with E-state index in [-0.39, 0.29) is 5.54 Å². The maximum absolute atomic E-state index is 9.07. The normalized spacial score (nSPS) is 20.9. The third kappa shape index (κ3) is 2.35. The third-order valence-electron chi connectivity index (χ3n) is 5.22. The molecular formula is C19H21N5. The molecule has 1 fully saturated rings. The number of pyridine rings is 1. The van der Waals surface area contributed by atoms with Crippen LogP contribution in [0, 0.1) is 17.2 Å². The standard InChI is InChI=1S/C19H21N5/c1-13-8-17(15-9-14(10-20)11-21-12-15)22-18-6-7-23(24(13)18)19(2,3)16-4-5-16/h6,8-9,11-12,16H,4-5,7H2,1-3H3. The Balaban J connectivity index is 1.66. The summed E-state index contributed by atoms with van der Waals surface area (Å²) in [6.07, 6.45) is 10.2. The highest BCUT2D eigenvalue weighted by Gasteiger charge is 2.46. The van der Waals surface area contributed by atoms with Crippen LogP contribution in [0.2, 0.25) is 0 Å². The zero-order chi connectivity index (χ0) is 16.9. The van der Waals surface area contributed by atoms with Gasteiger partial charge in [-0.3, -0.25) is 9.99 Å². The Labute approximate surface area is 142 Å². The van der Waals surface area contributed by atoms with E-state index in [1.54, 1.807) is 12.4 Å². The molecule has 0 N–H and O–H groups in total. The lowest BCUT2D eigenvalue weighted by Crippen LogP contribution is -2.52. The van der Waals surface area contributed by atoms with Gasteiger partial charge in [-0.15, -0.1) is 0 Å². The van der Waals surface area contributed by atoms with E-state index >= 15 is 0 Å². The van der Waals surface area contributed by atoms with Crippen molar-refractivity contribution in [2.24, 2.45) is 10.9 Å². The first-order valence-electron chi connectivity index (χ1n) is 8.41. The van der Waals surface area contributed by atoms with Crippen molar-refractivity contribution in [1.82, 2.24) is 15.0 Å². The van der Waals surface area contributed by atoms with E-state index in [2.05, 4.69) is 54.0 Å². The maximum Gasteiger partial charge on any atom is 0.145 e. The van der Waals surface area contributed by atoms with Crippen LogP contribution in [0.3, 0.4) is 0 Å². The molecule has 3 aliphatic rings. The van der Waals surface area contributed by atoms with Gasteiger partial charge in [0.1, 0.15) is 11.9 Å². The zero-order valence-electron chi connectivity index (χ0n) is 14.3. The van der Waals surface area contributed by atoms with Gasteiger partial charge in [-0.05, 0) is 57.7 Å². The van der Waals surface area contributed by atoms with Crippen LogP contribution in [0.15, 0.2) is 47.1 Å². The summed E-state index contributed by atoms with van der Waals surface area (Å²) in [6, 6.07) is 3.98. The summed E-state index contributed by atoms with van der Waals surface area (Å²) in [4.78, 5) is 8.97. The van der Waals surface area contributed by atoms with E-state index in [9.17, 15) is 0 Å². The van der Waals surface area contributed by atoms with E-state index in [4.69, 9.17) is 10.3 Å². The van der Waals surface area contributed by atoms with Gasteiger partial charge in [-0.1, -0.05) is 0 Å². The van der Waals surface area contributed by atoms with Gasteiger partial charge in [0.2, 0.25) is 0 Å². The fourth-order valence-electron chi connectivity index (χ4n) is 3.62. The minimum absolute atomic E-state index is 0.142. The summed E-state index contributed by atoms with van der Waals surface area (Å²) < 4.78 is 0. The van der Waals surface area contributed by atoms with E-state index in [1.807, 2.05) is 6.07 Å². The number of allylic oxidation sites excluding steroid dienone is 2. The Kier molecular flexibility index (Phi) is 3.33. The van der Waals surface area contributed by atoms with Gasteiger partial charge in [0.05, 0.1) is 11.3 Å². The van der Waals surface area contributed by atoms with Crippen molar-refractivity contribution in [1.29, 1.82) is 5.26 Å². The molecule has 122 valence electrons. The zero-order valence-corrected chi connectivity index (χ0v) is 14.3. The second-order valence-electron chi connectivity index (χ2n) is 7.24.